The normalized spacial score (nSPS) is 9.32. The Bertz CT molecular complexity index is 785. The lowest BCUT2D eigenvalue weighted by Crippen LogP contribution is -2.23. The highest BCUT2D eigenvalue weighted by Crippen LogP contribution is 2.17. The molecule has 0 aliphatic carbocycles. The lowest BCUT2D eigenvalue weighted by molar-refractivity contribution is 0.112. The molecule has 0 heterocycles. The van der Waals surface area contributed by atoms with Crippen LogP contribution in [0, 0.1) is 0 Å². The highest BCUT2D eigenvalue weighted by molar-refractivity contribution is 5.78. The molecule has 0 aliphatic heterocycles. The minimum atomic E-state index is 0.0347. The van der Waals surface area contributed by atoms with Crippen LogP contribution >= 0.6 is 0 Å². The van der Waals surface area contributed by atoms with Crippen LogP contribution in [-0.2, 0) is 6.54 Å². The Kier molecular flexibility index (Phi) is 16.6. The van der Waals surface area contributed by atoms with E-state index >= 15 is 0 Å². The fourth-order valence-electron chi connectivity index (χ4n) is 2.33. The molecule has 0 amide bonds. The molecule has 0 unspecified atom stereocenters. The van der Waals surface area contributed by atoms with Gasteiger partial charge in [0.05, 0.1) is 5.56 Å². The summed E-state index contributed by atoms with van der Waals surface area (Å²) in [5.41, 5.74) is 1.26. The Morgan fingerprint density at radius 3 is 1.71 bits per heavy atom. The molecular weight excluding hydrogens is 388 g/mol. The number of para-hydroxylation sites is 2. The third kappa shape index (κ3) is 13.4. The van der Waals surface area contributed by atoms with Crippen LogP contribution in [0.3, 0.4) is 0 Å². The molecule has 3 N–H and O–H groups in total. The molecule has 0 aliphatic rings. The minimum Gasteiger partial charge on any atom is -0.508 e. The van der Waals surface area contributed by atoms with Crippen molar-refractivity contribution in [3.63, 3.8) is 0 Å². The first-order valence-corrected chi connectivity index (χ1v) is 9.90. The van der Waals surface area contributed by atoms with Crippen molar-refractivity contribution < 1.29 is 15.0 Å². The second-order valence-electron chi connectivity index (χ2n) is 6.31. The Morgan fingerprint density at radius 1 is 0.774 bits per heavy atom. The molecule has 0 saturated carbocycles. The van der Waals surface area contributed by atoms with Gasteiger partial charge in [0.2, 0.25) is 0 Å². The number of benzene rings is 2. The van der Waals surface area contributed by atoms with Gasteiger partial charge in [-0.15, -0.1) is 26.3 Å². The number of hydrogen-bond acceptors (Lipinski definition) is 5. The van der Waals surface area contributed by atoms with Gasteiger partial charge in [-0.1, -0.05) is 54.6 Å². The van der Waals surface area contributed by atoms with Gasteiger partial charge in [0.1, 0.15) is 11.5 Å². The van der Waals surface area contributed by atoms with Crippen molar-refractivity contribution in [2.45, 2.75) is 6.54 Å². The molecular formula is C26H34N2O3. The average Bonchev–Trinajstić information content (AvgIpc) is 2.77. The van der Waals surface area contributed by atoms with Gasteiger partial charge in [-0.2, -0.15) is 0 Å². The van der Waals surface area contributed by atoms with E-state index in [2.05, 4.69) is 36.5 Å². The van der Waals surface area contributed by atoms with Gasteiger partial charge in [-0.05, 0) is 18.2 Å². The van der Waals surface area contributed by atoms with Crippen molar-refractivity contribution in [3.05, 3.63) is 110 Å². The molecule has 0 aromatic heterocycles. The molecule has 0 radical (unpaired) electrons. The number of nitrogens with one attached hydrogen (secondary N) is 1. The zero-order valence-electron chi connectivity index (χ0n) is 18.1. The van der Waals surface area contributed by atoms with Crippen molar-refractivity contribution >= 4 is 6.29 Å². The first kappa shape index (κ1) is 27.6. The summed E-state index contributed by atoms with van der Waals surface area (Å²) in [6.07, 6.45) is 7.97. The highest BCUT2D eigenvalue weighted by atomic mass is 16.3. The van der Waals surface area contributed by atoms with E-state index in [4.69, 9.17) is 5.11 Å². The van der Waals surface area contributed by atoms with Gasteiger partial charge in [0.25, 0.3) is 0 Å². The summed E-state index contributed by atoms with van der Waals surface area (Å²) in [5, 5.41) is 21.5. The summed E-state index contributed by atoms with van der Waals surface area (Å²) in [7, 11) is 0. The summed E-state index contributed by atoms with van der Waals surface area (Å²) in [6.45, 7) is 18.5. The number of phenols is 2. The van der Waals surface area contributed by atoms with Crippen LogP contribution in [0.4, 0.5) is 0 Å². The van der Waals surface area contributed by atoms with E-state index in [0.717, 1.165) is 31.7 Å². The van der Waals surface area contributed by atoms with E-state index in [1.807, 2.05) is 42.5 Å². The minimum absolute atomic E-state index is 0.0347. The zero-order valence-corrected chi connectivity index (χ0v) is 18.1. The zero-order chi connectivity index (χ0) is 23.3. The number of nitrogens with zero attached hydrogens (tertiary/aromatic N) is 1. The summed E-state index contributed by atoms with van der Waals surface area (Å²) in [6, 6.07) is 13.8. The quantitative estimate of drug-likeness (QED) is 0.278. The van der Waals surface area contributed by atoms with E-state index in [9.17, 15) is 9.90 Å². The van der Waals surface area contributed by atoms with Gasteiger partial charge in [0, 0.05) is 38.3 Å². The van der Waals surface area contributed by atoms with E-state index in [1.165, 1.54) is 6.07 Å². The smallest absolute Gasteiger partial charge is 0.153 e. The van der Waals surface area contributed by atoms with Gasteiger partial charge >= 0.3 is 0 Å². The monoisotopic (exact) mass is 422 g/mol. The predicted octanol–water partition coefficient (Wildman–Crippen LogP) is 4.72. The summed E-state index contributed by atoms with van der Waals surface area (Å²) >= 11 is 0. The fourth-order valence-corrected chi connectivity index (χ4v) is 2.33. The average molecular weight is 423 g/mol. The topological polar surface area (TPSA) is 72.8 Å². The molecule has 0 fully saturated rings. The van der Waals surface area contributed by atoms with Crippen molar-refractivity contribution in [2.75, 3.05) is 26.2 Å². The Labute approximate surface area is 186 Å². The van der Waals surface area contributed by atoms with Crippen molar-refractivity contribution in [1.82, 2.24) is 10.2 Å². The molecule has 0 bridgehead atoms. The second kappa shape index (κ2) is 18.6. The lowest BCUT2D eigenvalue weighted by atomic mass is 10.2. The predicted molar refractivity (Wildman–Crippen MR) is 131 cm³/mol. The van der Waals surface area contributed by atoms with Crippen molar-refractivity contribution in [1.29, 1.82) is 0 Å². The number of carbonyl (C=O) groups is 1. The maximum absolute atomic E-state index is 10.1. The van der Waals surface area contributed by atoms with E-state index in [-0.39, 0.29) is 5.75 Å². The number of aldehydes is 1. The lowest BCUT2D eigenvalue weighted by Gasteiger charge is -2.19. The van der Waals surface area contributed by atoms with Crippen LogP contribution in [0.15, 0.2) is 99.2 Å². The SMILES string of the molecule is C=CCN(CC=C)Cc1ccccc1O.C=CCNCC=C.O=Cc1ccccc1O. The van der Waals surface area contributed by atoms with Crippen LogP contribution < -0.4 is 5.32 Å². The number of rotatable bonds is 11. The van der Waals surface area contributed by atoms with Crippen LogP contribution in [0.1, 0.15) is 15.9 Å². The summed E-state index contributed by atoms with van der Waals surface area (Å²) in [5.74, 6) is 0.378. The number of phenolic OH excluding ortho intramolecular Hbond substituents is 2. The molecule has 0 atom stereocenters. The maximum Gasteiger partial charge on any atom is 0.153 e. The van der Waals surface area contributed by atoms with E-state index in [1.54, 1.807) is 24.3 Å². The van der Waals surface area contributed by atoms with Gasteiger partial charge in [-0.3, -0.25) is 9.69 Å². The molecule has 0 spiro atoms. The largest absolute Gasteiger partial charge is 0.508 e. The first-order valence-electron chi connectivity index (χ1n) is 9.90. The molecule has 5 heteroatoms. The van der Waals surface area contributed by atoms with Crippen LogP contribution in [0.5, 0.6) is 11.5 Å². The van der Waals surface area contributed by atoms with Crippen molar-refractivity contribution in [2.24, 2.45) is 0 Å². The summed E-state index contributed by atoms with van der Waals surface area (Å²) < 4.78 is 0. The summed E-state index contributed by atoms with van der Waals surface area (Å²) in [4.78, 5) is 12.2. The van der Waals surface area contributed by atoms with E-state index in [0.29, 0.717) is 24.1 Å². The molecule has 2 aromatic rings. The van der Waals surface area contributed by atoms with Crippen LogP contribution in [0.2, 0.25) is 0 Å². The Morgan fingerprint density at radius 2 is 1.29 bits per heavy atom. The fraction of sp³-hybridized carbons (Fsp3) is 0.192. The Balaban J connectivity index is 0.000000479. The highest BCUT2D eigenvalue weighted by Gasteiger charge is 2.05. The molecule has 31 heavy (non-hydrogen) atoms. The van der Waals surface area contributed by atoms with Crippen molar-refractivity contribution in [3.8, 4) is 11.5 Å². The number of aromatic hydroxyl groups is 2. The molecule has 2 aromatic carbocycles. The van der Waals surface area contributed by atoms with Gasteiger partial charge in [-0.25, -0.2) is 0 Å². The van der Waals surface area contributed by atoms with Gasteiger partial charge in [0.15, 0.2) is 6.29 Å². The van der Waals surface area contributed by atoms with E-state index < -0.39 is 0 Å². The molecule has 166 valence electrons. The second-order valence-corrected chi connectivity index (χ2v) is 6.31. The number of carbonyl (C=O) groups excluding carboxylic acids is 1. The third-order valence-electron chi connectivity index (χ3n) is 3.80. The molecule has 2 rings (SSSR count). The van der Waals surface area contributed by atoms with Crippen LogP contribution in [-0.4, -0.2) is 47.6 Å². The molecule has 5 nitrogen and oxygen atoms in total. The third-order valence-corrected chi connectivity index (χ3v) is 3.80. The van der Waals surface area contributed by atoms with Crippen LogP contribution in [0.25, 0.3) is 0 Å². The maximum atomic E-state index is 10.1. The van der Waals surface area contributed by atoms with Gasteiger partial charge < -0.3 is 15.5 Å². The number of hydrogen-bond donors (Lipinski definition) is 3. The molecule has 0 saturated heterocycles. The first-order chi connectivity index (χ1) is 15.0. The standard InChI is InChI=1S/C13H17NO.C7H6O2.C6H11N/c1-3-9-14(10-4-2)11-12-7-5-6-8-13(12)15;8-5-6-3-1-2-4-7(6)9;1-3-5-7-6-4-2/h3-8,15H,1-2,9-11H2;1-5,9H;3-4,7H,1-2,5-6H2. The Hall–Kier alpha value is -3.41.